The van der Waals surface area contributed by atoms with E-state index in [1.165, 1.54) is 0 Å². The minimum atomic E-state index is 0.147. The average molecular weight is 278 g/mol. The number of aromatic nitrogens is 1. The van der Waals surface area contributed by atoms with Gasteiger partial charge in [0.1, 0.15) is 5.75 Å². The molecule has 1 N–H and O–H groups in total. The highest BCUT2D eigenvalue weighted by atomic mass is 16.5. The third kappa shape index (κ3) is 3.14. The zero-order valence-corrected chi connectivity index (χ0v) is 12.2. The molecular formula is C18H18N2O. The fraction of sp³-hybridized carbons (Fsp3) is 0.167. The van der Waals surface area contributed by atoms with Crippen LogP contribution in [0.25, 0.3) is 10.9 Å². The Balaban J connectivity index is 1.91. The molecule has 21 heavy (non-hydrogen) atoms. The van der Waals surface area contributed by atoms with Crippen molar-refractivity contribution < 1.29 is 4.74 Å². The van der Waals surface area contributed by atoms with E-state index in [2.05, 4.69) is 22.4 Å². The molecule has 3 heteroatoms. The van der Waals surface area contributed by atoms with E-state index < -0.39 is 0 Å². The van der Waals surface area contributed by atoms with Gasteiger partial charge in [-0.1, -0.05) is 18.2 Å². The van der Waals surface area contributed by atoms with Crippen LogP contribution in [0.4, 0.5) is 11.4 Å². The summed E-state index contributed by atoms with van der Waals surface area (Å²) in [5, 5.41) is 4.53. The molecule has 0 amide bonds. The highest BCUT2D eigenvalue weighted by Gasteiger charge is 2.05. The highest BCUT2D eigenvalue weighted by molar-refractivity contribution is 5.83. The van der Waals surface area contributed by atoms with E-state index in [0.29, 0.717) is 0 Å². The lowest BCUT2D eigenvalue weighted by atomic mass is 10.2. The van der Waals surface area contributed by atoms with Crippen LogP contribution in [-0.2, 0) is 0 Å². The number of anilines is 2. The molecule has 1 heterocycles. The number of rotatable bonds is 4. The molecule has 0 fully saturated rings. The summed E-state index contributed by atoms with van der Waals surface area (Å²) in [7, 11) is 0. The van der Waals surface area contributed by atoms with Crippen molar-refractivity contribution in [3.8, 4) is 5.75 Å². The van der Waals surface area contributed by atoms with Crippen LogP contribution >= 0.6 is 0 Å². The predicted molar refractivity (Wildman–Crippen MR) is 87.2 cm³/mol. The molecule has 106 valence electrons. The number of pyridine rings is 1. The van der Waals surface area contributed by atoms with Crippen molar-refractivity contribution in [1.82, 2.24) is 4.98 Å². The third-order valence-electron chi connectivity index (χ3n) is 3.13. The van der Waals surface area contributed by atoms with E-state index in [1.54, 1.807) is 6.20 Å². The monoisotopic (exact) mass is 278 g/mol. The van der Waals surface area contributed by atoms with Gasteiger partial charge < -0.3 is 10.1 Å². The van der Waals surface area contributed by atoms with Gasteiger partial charge in [0.25, 0.3) is 0 Å². The third-order valence-corrected chi connectivity index (χ3v) is 3.13. The number of nitrogens with zero attached hydrogens (tertiary/aromatic N) is 1. The van der Waals surface area contributed by atoms with Gasteiger partial charge in [0, 0.05) is 17.3 Å². The second kappa shape index (κ2) is 5.83. The Labute approximate surface area is 124 Å². The lowest BCUT2D eigenvalue weighted by Crippen LogP contribution is -2.07. The minimum Gasteiger partial charge on any atom is -0.489 e. The molecular weight excluding hydrogens is 260 g/mol. The molecule has 0 atom stereocenters. The first-order valence-electron chi connectivity index (χ1n) is 7.10. The maximum Gasteiger partial charge on any atom is 0.143 e. The SMILES string of the molecule is CC(C)Oc1ccccc1Nc1ccc2ncccc2c1. The largest absolute Gasteiger partial charge is 0.489 e. The van der Waals surface area contributed by atoms with E-state index in [4.69, 9.17) is 4.74 Å². The van der Waals surface area contributed by atoms with Gasteiger partial charge in [-0.2, -0.15) is 0 Å². The smallest absolute Gasteiger partial charge is 0.143 e. The Morgan fingerprint density at radius 2 is 1.86 bits per heavy atom. The summed E-state index contributed by atoms with van der Waals surface area (Å²) in [5.74, 6) is 0.860. The summed E-state index contributed by atoms with van der Waals surface area (Å²) in [6.45, 7) is 4.05. The van der Waals surface area contributed by atoms with Crippen LogP contribution in [0.3, 0.4) is 0 Å². The summed E-state index contributed by atoms with van der Waals surface area (Å²) >= 11 is 0. The second-order valence-electron chi connectivity index (χ2n) is 5.20. The molecule has 3 nitrogen and oxygen atoms in total. The van der Waals surface area contributed by atoms with Gasteiger partial charge in [-0.25, -0.2) is 0 Å². The van der Waals surface area contributed by atoms with E-state index in [9.17, 15) is 0 Å². The number of fused-ring (bicyclic) bond motifs is 1. The maximum absolute atomic E-state index is 5.83. The summed E-state index contributed by atoms with van der Waals surface area (Å²) in [4.78, 5) is 4.33. The quantitative estimate of drug-likeness (QED) is 0.746. The molecule has 0 spiro atoms. The molecule has 0 saturated carbocycles. The Morgan fingerprint density at radius 1 is 1.00 bits per heavy atom. The van der Waals surface area contributed by atoms with Crippen LogP contribution in [0.5, 0.6) is 5.75 Å². The minimum absolute atomic E-state index is 0.147. The average Bonchev–Trinajstić information content (AvgIpc) is 2.49. The summed E-state index contributed by atoms with van der Waals surface area (Å²) in [6.07, 6.45) is 1.95. The summed E-state index contributed by atoms with van der Waals surface area (Å²) in [5.41, 5.74) is 2.99. The van der Waals surface area contributed by atoms with Crippen LogP contribution in [0.15, 0.2) is 60.8 Å². The second-order valence-corrected chi connectivity index (χ2v) is 5.20. The van der Waals surface area contributed by atoms with Crippen LogP contribution in [0.1, 0.15) is 13.8 Å². The molecule has 1 aromatic heterocycles. The van der Waals surface area contributed by atoms with Crippen LogP contribution in [-0.4, -0.2) is 11.1 Å². The van der Waals surface area contributed by atoms with E-state index >= 15 is 0 Å². The molecule has 0 aliphatic rings. The van der Waals surface area contributed by atoms with Gasteiger partial charge in [-0.05, 0) is 50.2 Å². The first kappa shape index (κ1) is 13.4. The fourth-order valence-corrected chi connectivity index (χ4v) is 2.24. The van der Waals surface area contributed by atoms with Gasteiger partial charge in [0.2, 0.25) is 0 Å². The van der Waals surface area contributed by atoms with Gasteiger partial charge in [-0.15, -0.1) is 0 Å². The number of nitrogens with one attached hydrogen (secondary N) is 1. The van der Waals surface area contributed by atoms with Gasteiger partial charge in [0.05, 0.1) is 17.3 Å². The zero-order valence-electron chi connectivity index (χ0n) is 12.2. The van der Waals surface area contributed by atoms with Gasteiger partial charge in [-0.3, -0.25) is 4.98 Å². The Kier molecular flexibility index (Phi) is 3.73. The zero-order chi connectivity index (χ0) is 14.7. The molecule has 0 aliphatic carbocycles. The summed E-state index contributed by atoms with van der Waals surface area (Å²) < 4.78 is 5.83. The molecule has 3 aromatic rings. The normalized spacial score (nSPS) is 10.8. The highest BCUT2D eigenvalue weighted by Crippen LogP contribution is 2.29. The molecule has 0 unspecified atom stereocenters. The van der Waals surface area contributed by atoms with Gasteiger partial charge in [0.15, 0.2) is 0 Å². The molecule has 0 saturated heterocycles. The van der Waals surface area contributed by atoms with Crippen molar-refractivity contribution >= 4 is 22.3 Å². The Hall–Kier alpha value is -2.55. The first-order valence-corrected chi connectivity index (χ1v) is 7.10. The van der Waals surface area contributed by atoms with Crippen molar-refractivity contribution in [1.29, 1.82) is 0 Å². The number of hydrogen-bond donors (Lipinski definition) is 1. The maximum atomic E-state index is 5.83. The van der Waals surface area contributed by atoms with Crippen LogP contribution in [0, 0.1) is 0 Å². The molecule has 2 aromatic carbocycles. The standard InChI is InChI=1S/C18H18N2O/c1-13(2)21-18-8-4-3-7-17(18)20-15-9-10-16-14(12-15)6-5-11-19-16/h3-13,20H,1-2H3. The van der Waals surface area contributed by atoms with E-state index in [-0.39, 0.29) is 6.10 Å². The molecule has 0 aliphatic heterocycles. The van der Waals surface area contributed by atoms with Crippen molar-refractivity contribution in [3.63, 3.8) is 0 Å². The molecule has 0 bridgehead atoms. The van der Waals surface area contributed by atoms with Crippen LogP contribution in [0.2, 0.25) is 0 Å². The number of hydrogen-bond acceptors (Lipinski definition) is 3. The van der Waals surface area contributed by atoms with Crippen molar-refractivity contribution in [2.24, 2.45) is 0 Å². The van der Waals surface area contributed by atoms with Crippen molar-refractivity contribution in [3.05, 3.63) is 60.8 Å². The van der Waals surface area contributed by atoms with E-state index in [1.807, 2.05) is 56.3 Å². The number of benzene rings is 2. The van der Waals surface area contributed by atoms with Crippen molar-refractivity contribution in [2.75, 3.05) is 5.32 Å². The van der Waals surface area contributed by atoms with Crippen LogP contribution < -0.4 is 10.1 Å². The number of para-hydroxylation sites is 2. The topological polar surface area (TPSA) is 34.1 Å². The lowest BCUT2D eigenvalue weighted by Gasteiger charge is -2.15. The Morgan fingerprint density at radius 3 is 2.71 bits per heavy atom. The fourth-order valence-electron chi connectivity index (χ4n) is 2.24. The van der Waals surface area contributed by atoms with E-state index in [0.717, 1.165) is 28.0 Å². The van der Waals surface area contributed by atoms with Crippen molar-refractivity contribution in [2.45, 2.75) is 20.0 Å². The first-order chi connectivity index (χ1) is 10.2. The van der Waals surface area contributed by atoms with Gasteiger partial charge >= 0.3 is 0 Å². The lowest BCUT2D eigenvalue weighted by molar-refractivity contribution is 0.244. The predicted octanol–water partition coefficient (Wildman–Crippen LogP) is 4.77. The summed E-state index contributed by atoms with van der Waals surface area (Å²) in [6, 6.07) is 18.1. The Bertz CT molecular complexity index is 753. The number of ether oxygens (including phenoxy) is 1. The molecule has 3 rings (SSSR count). The molecule has 0 radical (unpaired) electrons.